The standard InChI is InChI=1S/C45H52O23/c1-57-24-13-21(14-25(58-2)35(24)49)7-10-32(46)63-19-30-38(52)40(54)42(56)44(65-30)64-20-31-39(53)41(55)43(67-33(47)11-8-22-15-26(59-3)36(50)27(16-22)60-4)45(66-31)68-34(48)12-9-23-17-28(61-5)37(51)29(18-23)62-6/h7-18,30-31,38-45,49-56H,19-20H2,1-6H3/b10-7+,11-8+,12-9+/t30-,31-,38-,39-,40+,41+,42-,43-,44-,45+/m1/s1. The van der Waals surface area contributed by atoms with Crippen molar-refractivity contribution in [2.75, 3.05) is 55.9 Å². The number of methoxy groups -OCH3 is 6. The Hall–Kier alpha value is -6.83. The number of aliphatic hydroxyl groups excluding tert-OH is 5. The maximum absolute atomic E-state index is 13.2. The number of carbonyl (C=O) groups is 3. The van der Waals surface area contributed by atoms with E-state index >= 15 is 0 Å². The number of phenolic OH excluding ortho intramolecular Hbond substituents is 3. The van der Waals surface area contributed by atoms with Crippen LogP contribution in [0, 0.1) is 0 Å². The molecule has 0 unspecified atom stereocenters. The molecule has 23 nitrogen and oxygen atoms in total. The molecule has 2 aliphatic heterocycles. The number of esters is 3. The van der Waals surface area contributed by atoms with Crippen molar-refractivity contribution in [1.29, 1.82) is 0 Å². The Morgan fingerprint density at radius 2 is 0.824 bits per heavy atom. The second kappa shape index (κ2) is 23.8. The minimum atomic E-state index is -2.04. The van der Waals surface area contributed by atoms with Crippen LogP contribution in [0.1, 0.15) is 16.7 Å². The van der Waals surface area contributed by atoms with E-state index in [-0.39, 0.29) is 51.7 Å². The van der Waals surface area contributed by atoms with E-state index in [4.69, 9.17) is 56.8 Å². The average Bonchev–Trinajstić information content (AvgIpc) is 3.33. The van der Waals surface area contributed by atoms with E-state index in [1.165, 1.54) is 97.3 Å². The number of rotatable bonds is 19. The lowest BCUT2D eigenvalue weighted by molar-refractivity contribution is -0.327. The highest BCUT2D eigenvalue weighted by molar-refractivity contribution is 5.89. The molecule has 10 atom stereocenters. The maximum Gasteiger partial charge on any atom is 0.333 e. The fraction of sp³-hybridized carbons (Fsp3) is 0.400. The summed E-state index contributed by atoms with van der Waals surface area (Å²) in [4.78, 5) is 39.0. The van der Waals surface area contributed by atoms with Crippen molar-refractivity contribution in [2.45, 2.75) is 61.4 Å². The van der Waals surface area contributed by atoms with Crippen molar-refractivity contribution < 1.29 is 112 Å². The molecule has 3 aromatic rings. The minimum Gasteiger partial charge on any atom is -0.502 e. The SMILES string of the molecule is COc1cc(/C=C/C(=O)OC[C@H]2O[C@@H](OC[C@H]3O[C@@H](OC(=O)/C=C/c4cc(OC)c(O)c(OC)c4)[C@H](OC(=O)/C=C/c4cc(OC)c(O)c(OC)c4)[C@@H](O)[C@@H]3O)[C@H](O)[C@@H](O)[C@@H]2O)cc(OC)c1O. The predicted octanol–water partition coefficient (Wildman–Crippen LogP) is 0.564. The third kappa shape index (κ3) is 12.6. The normalized spacial score (nSPS) is 24.9. The molecule has 0 aliphatic carbocycles. The Balaban J connectivity index is 1.30. The molecule has 0 aromatic heterocycles. The third-order valence-electron chi connectivity index (χ3n) is 10.4. The van der Waals surface area contributed by atoms with E-state index in [9.17, 15) is 55.2 Å². The summed E-state index contributed by atoms with van der Waals surface area (Å²) in [5.41, 5.74) is 0.984. The van der Waals surface area contributed by atoms with E-state index in [2.05, 4.69) is 0 Å². The summed E-state index contributed by atoms with van der Waals surface area (Å²) < 4.78 is 63.9. The van der Waals surface area contributed by atoms with Gasteiger partial charge >= 0.3 is 17.9 Å². The van der Waals surface area contributed by atoms with Crippen LogP contribution in [0.4, 0.5) is 0 Å². The van der Waals surface area contributed by atoms with Gasteiger partial charge in [-0.15, -0.1) is 0 Å². The van der Waals surface area contributed by atoms with Crippen molar-refractivity contribution in [1.82, 2.24) is 0 Å². The molecule has 370 valence electrons. The van der Waals surface area contributed by atoms with E-state index in [0.29, 0.717) is 16.7 Å². The van der Waals surface area contributed by atoms with Crippen LogP contribution >= 0.6 is 0 Å². The molecule has 68 heavy (non-hydrogen) atoms. The van der Waals surface area contributed by atoms with Crippen LogP contribution in [0.5, 0.6) is 51.7 Å². The van der Waals surface area contributed by atoms with E-state index in [1.807, 2.05) is 0 Å². The van der Waals surface area contributed by atoms with Crippen LogP contribution in [-0.4, -0.2) is 176 Å². The van der Waals surface area contributed by atoms with Crippen molar-refractivity contribution >= 4 is 36.1 Å². The summed E-state index contributed by atoms with van der Waals surface area (Å²) in [6.07, 6.45) is -11.7. The predicted molar refractivity (Wildman–Crippen MR) is 231 cm³/mol. The highest BCUT2D eigenvalue weighted by Crippen LogP contribution is 2.40. The summed E-state index contributed by atoms with van der Waals surface area (Å²) in [6.45, 7) is -1.43. The van der Waals surface area contributed by atoms with Gasteiger partial charge in [0.05, 0.1) is 49.3 Å². The van der Waals surface area contributed by atoms with Gasteiger partial charge in [-0.05, 0) is 71.3 Å². The zero-order chi connectivity index (χ0) is 49.8. The lowest BCUT2D eigenvalue weighted by Crippen LogP contribution is -2.62. The van der Waals surface area contributed by atoms with Gasteiger partial charge in [0.1, 0.15) is 49.3 Å². The van der Waals surface area contributed by atoms with Crippen LogP contribution in [0.2, 0.25) is 0 Å². The fourth-order valence-corrected chi connectivity index (χ4v) is 6.71. The maximum atomic E-state index is 13.2. The van der Waals surface area contributed by atoms with Gasteiger partial charge in [-0.25, -0.2) is 14.4 Å². The van der Waals surface area contributed by atoms with Crippen LogP contribution in [-0.2, 0) is 42.8 Å². The van der Waals surface area contributed by atoms with Crippen LogP contribution < -0.4 is 28.4 Å². The number of hydrogen-bond donors (Lipinski definition) is 8. The lowest BCUT2D eigenvalue weighted by atomic mass is 9.98. The van der Waals surface area contributed by atoms with Crippen molar-refractivity contribution in [3.05, 3.63) is 71.3 Å². The average molecular weight is 961 g/mol. The summed E-state index contributed by atoms with van der Waals surface area (Å²) in [6, 6.07) is 8.34. The highest BCUT2D eigenvalue weighted by atomic mass is 16.7. The van der Waals surface area contributed by atoms with Gasteiger partial charge in [-0.1, -0.05) is 0 Å². The van der Waals surface area contributed by atoms with Gasteiger partial charge < -0.3 is 97.7 Å². The Morgan fingerprint density at radius 3 is 1.24 bits per heavy atom. The highest BCUT2D eigenvalue weighted by Gasteiger charge is 2.50. The van der Waals surface area contributed by atoms with Gasteiger partial charge in [0.15, 0.2) is 46.9 Å². The summed E-state index contributed by atoms with van der Waals surface area (Å²) in [7, 11) is 7.83. The quantitative estimate of drug-likeness (QED) is 0.0462. The van der Waals surface area contributed by atoms with Gasteiger partial charge in [-0.3, -0.25) is 0 Å². The Labute approximate surface area is 388 Å². The van der Waals surface area contributed by atoms with Gasteiger partial charge in [0.2, 0.25) is 23.5 Å². The van der Waals surface area contributed by atoms with Gasteiger partial charge in [-0.2, -0.15) is 0 Å². The molecule has 5 rings (SSSR count). The first-order chi connectivity index (χ1) is 32.5. The Kier molecular flexibility index (Phi) is 18.2. The Bertz CT molecular complexity index is 2250. The van der Waals surface area contributed by atoms with E-state index in [0.717, 1.165) is 18.2 Å². The molecule has 0 radical (unpaired) electrons. The third-order valence-corrected chi connectivity index (χ3v) is 10.4. The zero-order valence-electron chi connectivity index (χ0n) is 37.3. The lowest BCUT2D eigenvalue weighted by Gasteiger charge is -2.43. The summed E-state index contributed by atoms with van der Waals surface area (Å²) in [5, 5.41) is 85.2. The molecule has 0 saturated carbocycles. The second-order valence-corrected chi connectivity index (χ2v) is 14.7. The number of benzene rings is 3. The number of carbonyl (C=O) groups excluding carboxylic acids is 3. The molecule has 8 N–H and O–H groups in total. The fourth-order valence-electron chi connectivity index (χ4n) is 6.71. The molecular formula is C45H52O23. The topological polar surface area (TPSA) is 324 Å². The van der Waals surface area contributed by atoms with Crippen LogP contribution in [0.3, 0.4) is 0 Å². The Morgan fingerprint density at radius 1 is 0.471 bits per heavy atom. The summed E-state index contributed by atoms with van der Waals surface area (Å²) in [5.74, 6) is -3.84. The molecule has 0 amide bonds. The largest absolute Gasteiger partial charge is 0.502 e. The molecule has 2 heterocycles. The van der Waals surface area contributed by atoms with Gasteiger partial charge in [0.25, 0.3) is 0 Å². The van der Waals surface area contributed by atoms with E-state index in [1.54, 1.807) is 0 Å². The first-order valence-electron chi connectivity index (χ1n) is 20.3. The first-order valence-corrected chi connectivity index (χ1v) is 20.3. The second-order valence-electron chi connectivity index (χ2n) is 14.7. The number of aromatic hydroxyl groups is 3. The van der Waals surface area contributed by atoms with Gasteiger partial charge in [0, 0.05) is 18.2 Å². The van der Waals surface area contributed by atoms with Crippen LogP contribution in [0.15, 0.2) is 54.6 Å². The van der Waals surface area contributed by atoms with Crippen molar-refractivity contribution in [2.24, 2.45) is 0 Å². The molecule has 0 bridgehead atoms. The van der Waals surface area contributed by atoms with E-state index < -0.39 is 92.5 Å². The zero-order valence-corrected chi connectivity index (χ0v) is 37.3. The summed E-state index contributed by atoms with van der Waals surface area (Å²) >= 11 is 0. The van der Waals surface area contributed by atoms with Crippen LogP contribution in [0.25, 0.3) is 18.2 Å². The smallest absolute Gasteiger partial charge is 0.333 e. The molecule has 0 spiro atoms. The number of phenols is 3. The minimum absolute atomic E-state index is 0.0149. The molecule has 2 fully saturated rings. The number of aliphatic hydroxyl groups is 5. The van der Waals surface area contributed by atoms with Crippen molar-refractivity contribution in [3.8, 4) is 51.7 Å². The van der Waals surface area contributed by atoms with Crippen molar-refractivity contribution in [3.63, 3.8) is 0 Å². The number of hydrogen-bond acceptors (Lipinski definition) is 23. The molecule has 3 aromatic carbocycles. The molecule has 2 saturated heterocycles. The number of ether oxygens (including phenoxy) is 12. The first kappa shape index (κ1) is 52.1. The monoisotopic (exact) mass is 960 g/mol. The molecule has 2 aliphatic rings. The molecule has 23 heteroatoms. The molecular weight excluding hydrogens is 908 g/mol.